The summed E-state index contributed by atoms with van der Waals surface area (Å²) in [4.78, 5) is 12.1. The maximum absolute atomic E-state index is 13.9. The minimum Gasteiger partial charge on any atom is -0.386 e. The molecule has 2 unspecified atom stereocenters. The molecular formula is C17H17ClFNO2. The number of aliphatic hydroxyl groups is 1. The van der Waals surface area contributed by atoms with Gasteiger partial charge in [-0.25, -0.2) is 4.39 Å². The van der Waals surface area contributed by atoms with Crippen LogP contribution < -0.4 is 5.32 Å². The highest BCUT2D eigenvalue weighted by Crippen LogP contribution is 2.20. The SMILES string of the molecule is Cc1cccc(C(=O)NC(C)C(O)c2ccc(Cl)cc2)c1F. The number of aryl methyl sites for hydroxylation is 1. The average molecular weight is 322 g/mol. The van der Waals surface area contributed by atoms with E-state index in [0.717, 1.165) is 0 Å². The molecule has 1 amide bonds. The lowest BCUT2D eigenvalue weighted by molar-refractivity contribution is 0.0848. The van der Waals surface area contributed by atoms with E-state index < -0.39 is 23.9 Å². The van der Waals surface area contributed by atoms with Crippen LogP contribution in [-0.2, 0) is 0 Å². The molecule has 5 heteroatoms. The molecule has 0 radical (unpaired) electrons. The number of nitrogens with one attached hydrogen (secondary N) is 1. The van der Waals surface area contributed by atoms with E-state index >= 15 is 0 Å². The smallest absolute Gasteiger partial charge is 0.254 e. The van der Waals surface area contributed by atoms with Crippen LogP contribution in [0.15, 0.2) is 42.5 Å². The highest BCUT2D eigenvalue weighted by Gasteiger charge is 2.21. The van der Waals surface area contributed by atoms with Gasteiger partial charge in [0.15, 0.2) is 0 Å². The lowest BCUT2D eigenvalue weighted by Gasteiger charge is -2.21. The van der Waals surface area contributed by atoms with Crippen LogP contribution in [0.1, 0.15) is 34.5 Å². The first-order valence-corrected chi connectivity index (χ1v) is 7.27. The molecule has 3 nitrogen and oxygen atoms in total. The molecule has 0 aliphatic heterocycles. The van der Waals surface area contributed by atoms with Crippen molar-refractivity contribution in [2.75, 3.05) is 0 Å². The van der Waals surface area contributed by atoms with Crippen molar-refractivity contribution in [1.82, 2.24) is 5.32 Å². The van der Waals surface area contributed by atoms with Gasteiger partial charge in [0.2, 0.25) is 0 Å². The van der Waals surface area contributed by atoms with Crippen molar-refractivity contribution in [1.29, 1.82) is 0 Å². The van der Waals surface area contributed by atoms with Gasteiger partial charge >= 0.3 is 0 Å². The van der Waals surface area contributed by atoms with E-state index in [0.29, 0.717) is 16.1 Å². The van der Waals surface area contributed by atoms with Crippen molar-refractivity contribution >= 4 is 17.5 Å². The Morgan fingerprint density at radius 3 is 2.50 bits per heavy atom. The number of amides is 1. The third-order valence-corrected chi connectivity index (χ3v) is 3.73. The summed E-state index contributed by atoms with van der Waals surface area (Å²) in [5.41, 5.74) is 0.996. The predicted molar refractivity (Wildman–Crippen MR) is 84.5 cm³/mol. The zero-order chi connectivity index (χ0) is 16.3. The minimum atomic E-state index is -0.908. The Kier molecular flexibility index (Phi) is 5.16. The second kappa shape index (κ2) is 6.90. The average Bonchev–Trinajstić information content (AvgIpc) is 2.50. The Balaban J connectivity index is 2.10. The van der Waals surface area contributed by atoms with Crippen LogP contribution in [-0.4, -0.2) is 17.1 Å². The first-order chi connectivity index (χ1) is 10.4. The number of rotatable bonds is 4. The number of aliphatic hydroxyl groups excluding tert-OH is 1. The topological polar surface area (TPSA) is 49.3 Å². The summed E-state index contributed by atoms with van der Waals surface area (Å²) in [5.74, 6) is -1.10. The molecule has 0 saturated heterocycles. The van der Waals surface area contributed by atoms with Gasteiger partial charge in [0.05, 0.1) is 17.7 Å². The lowest BCUT2D eigenvalue weighted by Crippen LogP contribution is -2.37. The molecule has 116 valence electrons. The molecule has 0 aliphatic carbocycles. The molecule has 0 aromatic heterocycles. The number of halogens is 2. The van der Waals surface area contributed by atoms with E-state index in [2.05, 4.69) is 5.32 Å². The third kappa shape index (κ3) is 3.64. The molecule has 2 atom stereocenters. The summed E-state index contributed by atoms with van der Waals surface area (Å²) in [5, 5.41) is 13.4. The molecule has 0 heterocycles. The first-order valence-electron chi connectivity index (χ1n) is 6.89. The maximum Gasteiger partial charge on any atom is 0.254 e. The van der Waals surface area contributed by atoms with Gasteiger partial charge in [-0.1, -0.05) is 35.9 Å². The van der Waals surface area contributed by atoms with Gasteiger partial charge in [0.1, 0.15) is 5.82 Å². The fraction of sp³-hybridized carbons (Fsp3) is 0.235. The highest BCUT2D eigenvalue weighted by atomic mass is 35.5. The third-order valence-electron chi connectivity index (χ3n) is 3.48. The van der Waals surface area contributed by atoms with Crippen LogP contribution in [0, 0.1) is 12.7 Å². The number of hydrogen-bond acceptors (Lipinski definition) is 2. The Labute approximate surface area is 133 Å². The van der Waals surface area contributed by atoms with Gasteiger partial charge in [-0.2, -0.15) is 0 Å². The van der Waals surface area contributed by atoms with Crippen molar-refractivity contribution < 1.29 is 14.3 Å². The second-order valence-electron chi connectivity index (χ2n) is 5.19. The first kappa shape index (κ1) is 16.5. The summed E-state index contributed by atoms with van der Waals surface area (Å²) >= 11 is 5.80. The van der Waals surface area contributed by atoms with Crippen LogP contribution >= 0.6 is 11.6 Å². The van der Waals surface area contributed by atoms with Crippen LogP contribution in [0.2, 0.25) is 5.02 Å². The summed E-state index contributed by atoms with van der Waals surface area (Å²) in [7, 11) is 0. The van der Waals surface area contributed by atoms with Crippen LogP contribution in [0.3, 0.4) is 0 Å². The monoisotopic (exact) mass is 321 g/mol. The second-order valence-corrected chi connectivity index (χ2v) is 5.63. The molecule has 0 spiro atoms. The largest absolute Gasteiger partial charge is 0.386 e. The van der Waals surface area contributed by atoms with Crippen LogP contribution in [0.25, 0.3) is 0 Å². The molecule has 2 aromatic rings. The number of carbonyl (C=O) groups is 1. The summed E-state index contributed by atoms with van der Waals surface area (Å²) in [6.45, 7) is 3.25. The number of carbonyl (C=O) groups excluding carboxylic acids is 1. The summed E-state index contributed by atoms with van der Waals surface area (Å²) < 4.78 is 13.9. The predicted octanol–water partition coefficient (Wildman–Crippen LogP) is 3.64. The van der Waals surface area contributed by atoms with Gasteiger partial charge in [-0.15, -0.1) is 0 Å². The summed E-state index contributed by atoms with van der Waals surface area (Å²) in [6, 6.07) is 10.7. The minimum absolute atomic E-state index is 0.0323. The van der Waals surface area contributed by atoms with E-state index in [-0.39, 0.29) is 5.56 Å². The zero-order valence-electron chi connectivity index (χ0n) is 12.3. The van der Waals surface area contributed by atoms with Crippen molar-refractivity contribution in [2.24, 2.45) is 0 Å². The Morgan fingerprint density at radius 1 is 1.23 bits per heavy atom. The molecule has 2 aromatic carbocycles. The van der Waals surface area contributed by atoms with Crippen LogP contribution in [0.5, 0.6) is 0 Å². The Bertz CT molecular complexity index is 673. The molecule has 0 fully saturated rings. The fourth-order valence-corrected chi connectivity index (χ4v) is 2.26. The highest BCUT2D eigenvalue weighted by molar-refractivity contribution is 6.30. The molecule has 2 N–H and O–H groups in total. The van der Waals surface area contributed by atoms with Crippen molar-refractivity contribution in [2.45, 2.75) is 26.0 Å². The normalized spacial score (nSPS) is 13.5. The molecule has 0 saturated carbocycles. The van der Waals surface area contributed by atoms with Crippen molar-refractivity contribution in [3.63, 3.8) is 0 Å². The zero-order valence-corrected chi connectivity index (χ0v) is 13.1. The van der Waals surface area contributed by atoms with Crippen LogP contribution in [0.4, 0.5) is 4.39 Å². The molecule has 0 aliphatic rings. The maximum atomic E-state index is 13.9. The molecule has 22 heavy (non-hydrogen) atoms. The standard InChI is InChI=1S/C17H17ClFNO2/c1-10-4-3-5-14(15(10)19)17(22)20-11(2)16(21)12-6-8-13(18)9-7-12/h3-9,11,16,21H,1-2H3,(H,20,22). The lowest BCUT2D eigenvalue weighted by atomic mass is 10.0. The number of benzene rings is 2. The van der Waals surface area contributed by atoms with Gasteiger partial charge in [-0.05, 0) is 43.2 Å². The Hall–Kier alpha value is -1.91. The van der Waals surface area contributed by atoms with E-state index in [1.54, 1.807) is 50.2 Å². The van der Waals surface area contributed by atoms with Gasteiger partial charge < -0.3 is 10.4 Å². The molecule has 2 rings (SSSR count). The van der Waals surface area contributed by atoms with Gasteiger partial charge in [0.25, 0.3) is 5.91 Å². The van der Waals surface area contributed by atoms with Gasteiger partial charge in [0, 0.05) is 5.02 Å². The van der Waals surface area contributed by atoms with E-state index in [1.165, 1.54) is 6.07 Å². The van der Waals surface area contributed by atoms with E-state index in [9.17, 15) is 14.3 Å². The fourth-order valence-electron chi connectivity index (χ4n) is 2.13. The molecular weight excluding hydrogens is 305 g/mol. The van der Waals surface area contributed by atoms with Gasteiger partial charge in [-0.3, -0.25) is 4.79 Å². The number of hydrogen-bond donors (Lipinski definition) is 2. The van der Waals surface area contributed by atoms with E-state index in [1.807, 2.05) is 0 Å². The Morgan fingerprint density at radius 2 is 1.86 bits per heavy atom. The van der Waals surface area contributed by atoms with Crippen molar-refractivity contribution in [3.8, 4) is 0 Å². The molecule has 0 bridgehead atoms. The van der Waals surface area contributed by atoms with Crippen molar-refractivity contribution in [3.05, 3.63) is 70.0 Å². The van der Waals surface area contributed by atoms with E-state index in [4.69, 9.17) is 11.6 Å². The quantitative estimate of drug-likeness (QED) is 0.903. The summed E-state index contributed by atoms with van der Waals surface area (Å²) in [6.07, 6.45) is -0.908.